The number of carbonyl (C=O) groups is 2. The Bertz CT molecular complexity index is 1290. The second-order valence-electron chi connectivity index (χ2n) is 11.5. The Balaban J connectivity index is 1.33. The van der Waals surface area contributed by atoms with E-state index < -0.39 is 5.60 Å². The zero-order valence-electron chi connectivity index (χ0n) is 23.5. The summed E-state index contributed by atoms with van der Waals surface area (Å²) in [5.41, 5.74) is 4.32. The van der Waals surface area contributed by atoms with Crippen molar-refractivity contribution in [3.8, 4) is 11.5 Å². The number of ether oxygens (including phenoxy) is 3. The Morgan fingerprint density at radius 2 is 1.62 bits per heavy atom. The molecule has 1 spiro atoms. The van der Waals surface area contributed by atoms with E-state index in [2.05, 4.69) is 22.3 Å². The van der Waals surface area contributed by atoms with Gasteiger partial charge in [0.05, 0.1) is 26.5 Å². The van der Waals surface area contributed by atoms with Crippen LogP contribution in [0.5, 0.6) is 11.5 Å². The van der Waals surface area contributed by atoms with E-state index >= 15 is 0 Å². The summed E-state index contributed by atoms with van der Waals surface area (Å²) < 4.78 is 16.6. The Hall–Kier alpha value is -3.95. The molecule has 3 aliphatic heterocycles. The van der Waals surface area contributed by atoms with Gasteiger partial charge >= 0.3 is 12.1 Å². The maximum Gasteiger partial charge on any atom is 0.410 e. The highest BCUT2D eigenvalue weighted by Crippen LogP contribution is 2.42. The number of nitrogens with zero attached hydrogens (tertiary/aromatic N) is 4. The Morgan fingerprint density at radius 3 is 2.21 bits per heavy atom. The first kappa shape index (κ1) is 26.6. The molecule has 0 aliphatic carbocycles. The van der Waals surface area contributed by atoms with Gasteiger partial charge in [-0.1, -0.05) is 12.1 Å². The molecule has 1 N–H and O–H groups in total. The van der Waals surface area contributed by atoms with E-state index in [-0.39, 0.29) is 17.5 Å². The number of methoxy groups -OCH3 is 2. The van der Waals surface area contributed by atoms with Crippen LogP contribution in [0.4, 0.5) is 15.3 Å². The first-order chi connectivity index (χ1) is 18.5. The summed E-state index contributed by atoms with van der Waals surface area (Å²) in [6.45, 7) is 9.36. The van der Waals surface area contributed by atoms with Gasteiger partial charge in [0.2, 0.25) is 0 Å². The topological polar surface area (TPSA) is 95.9 Å². The molecule has 3 aliphatic rings. The lowest BCUT2D eigenvalue weighted by molar-refractivity contribution is -0.0453. The van der Waals surface area contributed by atoms with Gasteiger partial charge in [0.25, 0.3) is 0 Å². The fraction of sp³-hybridized carbons (Fsp3) is 0.483. The minimum Gasteiger partial charge on any atom is -0.493 e. The van der Waals surface area contributed by atoms with Crippen LogP contribution < -0.4 is 19.7 Å². The number of benzene rings is 2. The zero-order chi connectivity index (χ0) is 27.9. The van der Waals surface area contributed by atoms with Crippen molar-refractivity contribution >= 4 is 23.5 Å². The van der Waals surface area contributed by atoms with Gasteiger partial charge < -0.3 is 29.3 Å². The molecule has 2 aromatic rings. The highest BCUT2D eigenvalue weighted by molar-refractivity contribution is 6.14. The van der Waals surface area contributed by atoms with Crippen LogP contribution in [0.15, 0.2) is 41.5 Å². The van der Waals surface area contributed by atoms with Gasteiger partial charge in [-0.3, -0.25) is 0 Å². The van der Waals surface area contributed by atoms with Crippen molar-refractivity contribution in [1.29, 1.82) is 0 Å². The summed E-state index contributed by atoms with van der Waals surface area (Å²) in [6.07, 6.45) is 0.394. The van der Waals surface area contributed by atoms with Gasteiger partial charge in [0.15, 0.2) is 11.5 Å². The third-order valence-electron chi connectivity index (χ3n) is 7.39. The SMILES string of the molecule is CNC(=O)N1CCc2cc(OC)c(OC)cc2C(c2ccc(N3CC4(CN(C(=O)OC(C)(C)C)C4)C3)cc2)=N1. The van der Waals surface area contributed by atoms with Gasteiger partial charge in [0, 0.05) is 55.5 Å². The van der Waals surface area contributed by atoms with Crippen LogP contribution in [-0.2, 0) is 11.2 Å². The van der Waals surface area contributed by atoms with Crippen LogP contribution in [0.3, 0.4) is 0 Å². The smallest absolute Gasteiger partial charge is 0.410 e. The first-order valence-electron chi connectivity index (χ1n) is 13.2. The molecule has 0 bridgehead atoms. The Labute approximate surface area is 229 Å². The number of urea groups is 1. The summed E-state index contributed by atoms with van der Waals surface area (Å²) in [4.78, 5) is 29.0. The summed E-state index contributed by atoms with van der Waals surface area (Å²) >= 11 is 0. The highest BCUT2D eigenvalue weighted by atomic mass is 16.6. The molecular weight excluding hydrogens is 498 g/mol. The van der Waals surface area contributed by atoms with Crippen LogP contribution in [0.25, 0.3) is 0 Å². The number of rotatable bonds is 4. The molecular formula is C29H37N5O5. The minimum absolute atomic E-state index is 0.142. The lowest BCUT2D eigenvalue weighted by atomic mass is 9.73. The van der Waals surface area contributed by atoms with Crippen molar-refractivity contribution in [2.75, 3.05) is 58.9 Å². The van der Waals surface area contributed by atoms with E-state index in [0.29, 0.717) is 30.2 Å². The van der Waals surface area contributed by atoms with Crippen molar-refractivity contribution in [3.63, 3.8) is 0 Å². The molecule has 0 aromatic heterocycles. The van der Waals surface area contributed by atoms with E-state index in [9.17, 15) is 9.59 Å². The second kappa shape index (κ2) is 9.98. The maximum absolute atomic E-state index is 12.5. The lowest BCUT2D eigenvalue weighted by Crippen LogP contribution is -2.73. The zero-order valence-corrected chi connectivity index (χ0v) is 23.5. The van der Waals surface area contributed by atoms with Crippen LogP contribution in [0, 0.1) is 5.41 Å². The van der Waals surface area contributed by atoms with E-state index in [1.807, 2.05) is 45.0 Å². The summed E-state index contributed by atoms with van der Waals surface area (Å²) in [6, 6.07) is 11.9. The number of amides is 3. The van der Waals surface area contributed by atoms with Crippen molar-refractivity contribution in [3.05, 3.63) is 53.1 Å². The second-order valence-corrected chi connectivity index (χ2v) is 11.5. The summed E-state index contributed by atoms with van der Waals surface area (Å²) in [5, 5.41) is 8.92. The molecule has 3 amide bonds. The van der Waals surface area contributed by atoms with E-state index in [0.717, 1.165) is 48.6 Å². The van der Waals surface area contributed by atoms with Gasteiger partial charge in [-0.2, -0.15) is 5.10 Å². The number of carbonyl (C=O) groups excluding carboxylic acids is 2. The molecule has 10 heteroatoms. The molecule has 3 heterocycles. The van der Waals surface area contributed by atoms with Crippen LogP contribution in [-0.4, -0.2) is 87.3 Å². The molecule has 0 unspecified atom stereocenters. The molecule has 0 radical (unpaired) electrons. The Kier molecular flexibility index (Phi) is 6.82. The number of nitrogens with one attached hydrogen (secondary N) is 1. The summed E-state index contributed by atoms with van der Waals surface area (Å²) in [5.74, 6) is 1.26. The van der Waals surface area contributed by atoms with Gasteiger partial charge in [-0.15, -0.1) is 0 Å². The molecule has 10 nitrogen and oxygen atoms in total. The van der Waals surface area contributed by atoms with E-state index in [1.165, 1.54) is 5.01 Å². The van der Waals surface area contributed by atoms with Crippen LogP contribution in [0.1, 0.15) is 37.5 Å². The number of fused-ring (bicyclic) bond motifs is 1. The van der Waals surface area contributed by atoms with E-state index in [4.69, 9.17) is 19.3 Å². The molecule has 0 atom stereocenters. The van der Waals surface area contributed by atoms with Crippen LogP contribution >= 0.6 is 0 Å². The molecule has 39 heavy (non-hydrogen) atoms. The number of likely N-dealkylation sites (tertiary alicyclic amines) is 1. The molecule has 0 saturated carbocycles. The molecule has 2 aromatic carbocycles. The average molecular weight is 536 g/mol. The standard InChI is InChI=1S/C29H37N5O5/c1-28(2,3)39-27(36)33-17-29(18-33)15-32(16-29)21-9-7-19(8-10-21)25-22-14-24(38-6)23(37-5)13-20(22)11-12-34(31-25)26(35)30-4/h7-10,13-14H,11-12,15-18H2,1-6H3,(H,30,35). The predicted molar refractivity (Wildman–Crippen MR) is 149 cm³/mol. The third-order valence-corrected chi connectivity index (χ3v) is 7.39. The fourth-order valence-corrected chi connectivity index (χ4v) is 5.48. The summed E-state index contributed by atoms with van der Waals surface area (Å²) in [7, 11) is 4.83. The van der Waals surface area contributed by atoms with Crippen molar-refractivity contribution in [2.45, 2.75) is 32.8 Å². The number of anilines is 1. The Morgan fingerprint density at radius 1 is 0.974 bits per heavy atom. The van der Waals surface area contributed by atoms with Crippen molar-refractivity contribution < 1.29 is 23.8 Å². The molecule has 2 saturated heterocycles. The first-order valence-corrected chi connectivity index (χ1v) is 13.2. The van der Waals surface area contributed by atoms with Crippen LogP contribution in [0.2, 0.25) is 0 Å². The minimum atomic E-state index is -0.482. The number of hydrazone groups is 1. The van der Waals surface area contributed by atoms with Crippen molar-refractivity contribution in [2.24, 2.45) is 10.5 Å². The molecule has 5 rings (SSSR count). The van der Waals surface area contributed by atoms with Gasteiger partial charge in [-0.25, -0.2) is 14.6 Å². The number of hydrogen-bond donors (Lipinski definition) is 1. The quantitative estimate of drug-likeness (QED) is 0.641. The van der Waals surface area contributed by atoms with Crippen molar-refractivity contribution in [1.82, 2.24) is 15.2 Å². The third kappa shape index (κ3) is 5.20. The predicted octanol–water partition coefficient (Wildman–Crippen LogP) is 3.71. The van der Waals surface area contributed by atoms with E-state index in [1.54, 1.807) is 26.2 Å². The van der Waals surface area contributed by atoms with Gasteiger partial charge in [-0.05, 0) is 57.0 Å². The molecule has 208 valence electrons. The fourth-order valence-electron chi connectivity index (χ4n) is 5.48. The maximum atomic E-state index is 12.5. The monoisotopic (exact) mass is 535 g/mol. The molecule has 2 fully saturated rings. The highest BCUT2D eigenvalue weighted by Gasteiger charge is 2.54. The van der Waals surface area contributed by atoms with Gasteiger partial charge in [0.1, 0.15) is 5.60 Å². The lowest BCUT2D eigenvalue weighted by Gasteiger charge is -2.60. The largest absolute Gasteiger partial charge is 0.493 e. The number of hydrogen-bond acceptors (Lipinski definition) is 7. The average Bonchev–Trinajstić information content (AvgIpc) is 3.04. The normalized spacial score (nSPS) is 17.8.